The van der Waals surface area contributed by atoms with Gasteiger partial charge in [-0.2, -0.15) is 0 Å². The average Bonchev–Trinajstić information content (AvgIpc) is 2.65. The SMILES string of the molecule is CN(C)CC(=O)SCC(=O)c1ccc(NS(=O)(=O)c2ccc(OC(F)(F)F)cc2)cc1. The molecule has 0 radical (unpaired) electrons. The number of ketones is 1. The van der Waals surface area contributed by atoms with E-state index < -0.39 is 22.1 Å². The minimum Gasteiger partial charge on any atom is -0.406 e. The maximum Gasteiger partial charge on any atom is 0.573 e. The van der Waals surface area contributed by atoms with Crippen molar-refractivity contribution in [1.29, 1.82) is 0 Å². The molecule has 0 saturated carbocycles. The fourth-order valence-corrected chi connectivity index (χ4v) is 4.16. The van der Waals surface area contributed by atoms with Gasteiger partial charge < -0.3 is 9.64 Å². The average molecular weight is 476 g/mol. The number of likely N-dealkylation sites (N-methyl/N-ethyl adjacent to an activating group) is 1. The second-order valence-corrected chi connectivity index (χ2v) is 9.24. The van der Waals surface area contributed by atoms with Gasteiger partial charge in [-0.3, -0.25) is 14.3 Å². The Labute approximate surface area is 181 Å². The number of Topliss-reactive ketones (excluding diaryl/α,β-unsaturated/α-hetero) is 1. The van der Waals surface area contributed by atoms with Crippen molar-refractivity contribution < 1.29 is 35.9 Å². The molecule has 31 heavy (non-hydrogen) atoms. The van der Waals surface area contributed by atoms with Crippen LogP contribution in [0.5, 0.6) is 5.75 Å². The number of halogens is 3. The normalized spacial score (nSPS) is 11.9. The standard InChI is InChI=1S/C19H19F3N2O5S2/c1-24(2)11-18(26)30-12-17(25)13-3-5-14(6-4-13)23-31(27,28)16-9-7-15(8-10-16)29-19(20,21)22/h3-10,23H,11-12H2,1-2H3. The summed E-state index contributed by atoms with van der Waals surface area (Å²) < 4.78 is 67.4. The molecule has 0 heterocycles. The molecule has 2 aromatic carbocycles. The molecule has 0 bridgehead atoms. The zero-order valence-corrected chi connectivity index (χ0v) is 18.1. The number of nitrogens with zero attached hydrogens (tertiary/aromatic N) is 1. The minimum absolute atomic E-state index is 0.0376. The monoisotopic (exact) mass is 476 g/mol. The maximum absolute atomic E-state index is 12.4. The largest absolute Gasteiger partial charge is 0.573 e. The van der Waals surface area contributed by atoms with E-state index in [-0.39, 0.29) is 33.8 Å². The number of ether oxygens (including phenoxy) is 1. The van der Waals surface area contributed by atoms with Crippen molar-refractivity contribution in [1.82, 2.24) is 4.90 Å². The Kier molecular flexibility index (Phi) is 8.09. The number of alkyl halides is 3. The van der Waals surface area contributed by atoms with Crippen LogP contribution in [0.2, 0.25) is 0 Å². The number of carbonyl (C=O) groups excluding carboxylic acids is 2. The Hall–Kier alpha value is -2.57. The summed E-state index contributed by atoms with van der Waals surface area (Å²) in [6, 6.07) is 9.30. The molecule has 2 aromatic rings. The topological polar surface area (TPSA) is 92.8 Å². The molecule has 0 aromatic heterocycles. The van der Waals surface area contributed by atoms with Crippen LogP contribution >= 0.6 is 11.8 Å². The van der Waals surface area contributed by atoms with Crippen LogP contribution in [-0.4, -0.2) is 57.0 Å². The number of rotatable bonds is 9. The summed E-state index contributed by atoms with van der Waals surface area (Å²) >= 11 is 0.901. The third-order valence-electron chi connectivity index (χ3n) is 3.64. The fourth-order valence-electron chi connectivity index (χ4n) is 2.29. The van der Waals surface area contributed by atoms with Crippen molar-refractivity contribution in [3.8, 4) is 5.75 Å². The van der Waals surface area contributed by atoms with Crippen LogP contribution in [0.3, 0.4) is 0 Å². The van der Waals surface area contributed by atoms with Crippen LogP contribution in [-0.2, 0) is 14.8 Å². The second-order valence-electron chi connectivity index (χ2n) is 6.52. The van der Waals surface area contributed by atoms with E-state index >= 15 is 0 Å². The summed E-state index contributed by atoms with van der Waals surface area (Å²) in [5.41, 5.74) is 0.463. The van der Waals surface area contributed by atoms with E-state index in [0.29, 0.717) is 5.56 Å². The molecule has 0 aliphatic heterocycles. The van der Waals surface area contributed by atoms with Crippen LogP contribution in [0.15, 0.2) is 53.4 Å². The predicted octanol–water partition coefficient (Wildman–Crippen LogP) is 3.39. The first kappa shape index (κ1) is 24.7. The Bertz CT molecular complexity index is 1020. The molecule has 0 aliphatic carbocycles. The predicted molar refractivity (Wildman–Crippen MR) is 111 cm³/mol. The molecule has 2 rings (SSSR count). The zero-order chi connectivity index (χ0) is 23.2. The minimum atomic E-state index is -4.88. The van der Waals surface area contributed by atoms with Crippen molar-refractivity contribution in [3.63, 3.8) is 0 Å². The van der Waals surface area contributed by atoms with Crippen LogP contribution < -0.4 is 9.46 Å². The third kappa shape index (κ3) is 8.23. The molecule has 168 valence electrons. The van der Waals surface area contributed by atoms with E-state index in [0.717, 1.165) is 36.0 Å². The molecule has 0 amide bonds. The van der Waals surface area contributed by atoms with Gasteiger partial charge in [0.15, 0.2) is 5.78 Å². The van der Waals surface area contributed by atoms with Crippen LogP contribution in [0.25, 0.3) is 0 Å². The highest BCUT2D eigenvalue weighted by Gasteiger charge is 2.31. The van der Waals surface area contributed by atoms with E-state index in [9.17, 15) is 31.2 Å². The fraction of sp³-hybridized carbons (Fsp3) is 0.263. The number of thioether (sulfide) groups is 1. The summed E-state index contributed by atoms with van der Waals surface area (Å²) in [5, 5.41) is -0.144. The highest BCUT2D eigenvalue weighted by Crippen LogP contribution is 2.25. The molecule has 0 spiro atoms. The third-order valence-corrected chi connectivity index (χ3v) is 5.89. The van der Waals surface area contributed by atoms with Crippen molar-refractivity contribution in [2.45, 2.75) is 11.3 Å². The van der Waals surface area contributed by atoms with E-state index in [1.807, 2.05) is 0 Å². The summed E-state index contributed by atoms with van der Waals surface area (Å²) in [4.78, 5) is 25.2. The van der Waals surface area contributed by atoms with Crippen molar-refractivity contribution in [3.05, 3.63) is 54.1 Å². The Balaban J connectivity index is 2.00. The summed E-state index contributed by atoms with van der Waals surface area (Å²) in [6.07, 6.45) is -4.88. The molecule has 12 heteroatoms. The van der Waals surface area contributed by atoms with Gasteiger partial charge in [-0.05, 0) is 62.6 Å². The second kappa shape index (κ2) is 10.2. The molecule has 1 N–H and O–H groups in total. The van der Waals surface area contributed by atoms with Crippen molar-refractivity contribution >= 4 is 38.4 Å². The molecular formula is C19H19F3N2O5S2. The van der Waals surface area contributed by atoms with Crippen LogP contribution in [0, 0.1) is 0 Å². The Morgan fingerprint density at radius 3 is 2.13 bits per heavy atom. The van der Waals surface area contributed by atoms with Crippen molar-refractivity contribution in [2.24, 2.45) is 0 Å². The number of anilines is 1. The van der Waals surface area contributed by atoms with Crippen LogP contribution in [0.4, 0.5) is 18.9 Å². The number of hydrogen-bond donors (Lipinski definition) is 1. The van der Waals surface area contributed by atoms with E-state index in [1.165, 1.54) is 24.3 Å². The highest BCUT2D eigenvalue weighted by atomic mass is 32.2. The number of sulfonamides is 1. The van der Waals surface area contributed by atoms with E-state index in [4.69, 9.17) is 0 Å². The number of carbonyl (C=O) groups is 2. The highest BCUT2D eigenvalue weighted by molar-refractivity contribution is 8.14. The molecule has 0 atom stereocenters. The lowest BCUT2D eigenvalue weighted by atomic mass is 10.1. The van der Waals surface area contributed by atoms with E-state index in [2.05, 4.69) is 9.46 Å². The molecular weight excluding hydrogens is 457 g/mol. The van der Waals surface area contributed by atoms with Gasteiger partial charge in [0.1, 0.15) is 5.75 Å². The van der Waals surface area contributed by atoms with Gasteiger partial charge in [-0.1, -0.05) is 11.8 Å². The molecule has 0 fully saturated rings. The zero-order valence-electron chi connectivity index (χ0n) is 16.5. The molecule has 0 aliphatic rings. The van der Waals surface area contributed by atoms with Gasteiger partial charge in [-0.15, -0.1) is 13.2 Å². The first-order valence-corrected chi connectivity index (χ1v) is 11.1. The lowest BCUT2D eigenvalue weighted by Gasteiger charge is -2.11. The van der Waals surface area contributed by atoms with Gasteiger partial charge in [0.25, 0.3) is 10.0 Å². The smallest absolute Gasteiger partial charge is 0.406 e. The van der Waals surface area contributed by atoms with Crippen molar-refractivity contribution in [2.75, 3.05) is 31.1 Å². The molecule has 7 nitrogen and oxygen atoms in total. The Morgan fingerprint density at radius 1 is 1.03 bits per heavy atom. The number of benzene rings is 2. The summed E-state index contributed by atoms with van der Waals surface area (Å²) in [6.45, 7) is 0.210. The summed E-state index contributed by atoms with van der Waals surface area (Å²) in [5.74, 6) is -0.868. The van der Waals surface area contributed by atoms with E-state index in [1.54, 1.807) is 19.0 Å². The van der Waals surface area contributed by atoms with Gasteiger partial charge in [0, 0.05) is 11.3 Å². The van der Waals surface area contributed by atoms with Crippen LogP contribution in [0.1, 0.15) is 10.4 Å². The van der Waals surface area contributed by atoms with Gasteiger partial charge in [-0.25, -0.2) is 8.42 Å². The van der Waals surface area contributed by atoms with Gasteiger partial charge >= 0.3 is 6.36 Å². The first-order chi connectivity index (χ1) is 14.4. The number of nitrogens with one attached hydrogen (secondary N) is 1. The Morgan fingerprint density at radius 2 is 1.61 bits per heavy atom. The maximum atomic E-state index is 12.4. The summed E-state index contributed by atoms with van der Waals surface area (Å²) in [7, 11) is -0.583. The number of hydrogen-bond acceptors (Lipinski definition) is 7. The quantitative estimate of drug-likeness (QED) is 0.555. The molecule has 0 unspecified atom stereocenters. The lowest BCUT2D eigenvalue weighted by Crippen LogP contribution is -2.20. The lowest BCUT2D eigenvalue weighted by molar-refractivity contribution is -0.274. The molecule has 0 saturated heterocycles. The van der Waals surface area contributed by atoms with Gasteiger partial charge in [0.2, 0.25) is 5.12 Å². The first-order valence-electron chi connectivity index (χ1n) is 8.68. The van der Waals surface area contributed by atoms with Gasteiger partial charge in [0.05, 0.1) is 17.2 Å².